The highest BCUT2D eigenvalue weighted by atomic mass is 79.9. The second-order valence-corrected chi connectivity index (χ2v) is 7.00. The van der Waals surface area contributed by atoms with E-state index in [0.29, 0.717) is 0 Å². The van der Waals surface area contributed by atoms with Crippen molar-refractivity contribution in [3.05, 3.63) is 64.2 Å². The Labute approximate surface area is 143 Å². The molecule has 0 radical (unpaired) electrons. The summed E-state index contributed by atoms with van der Waals surface area (Å²) in [5, 5.41) is 3.19. The van der Waals surface area contributed by atoms with Crippen LogP contribution in [0.5, 0.6) is 0 Å². The molecule has 1 aromatic carbocycles. The highest BCUT2D eigenvalue weighted by molar-refractivity contribution is 9.10. The van der Waals surface area contributed by atoms with Crippen LogP contribution >= 0.6 is 27.3 Å². The fourth-order valence-corrected chi connectivity index (χ4v) is 3.68. The van der Waals surface area contributed by atoms with E-state index in [1.54, 1.807) is 11.3 Å². The van der Waals surface area contributed by atoms with Gasteiger partial charge in [0.2, 0.25) is 0 Å². The van der Waals surface area contributed by atoms with Gasteiger partial charge >= 0.3 is 0 Å². The summed E-state index contributed by atoms with van der Waals surface area (Å²) < 4.78 is 3.35. The standard InChI is InChI=1S/C18H17BrN2S/c1-4-9-21-12(2)10-16(13(21)3)17-11-22-18(20-17)14-5-7-15(19)8-6-14/h4-8,10-11H,1,9H2,2-3H3. The molecule has 0 spiro atoms. The van der Waals surface area contributed by atoms with Crippen LogP contribution in [0.25, 0.3) is 21.8 Å². The molecule has 0 N–H and O–H groups in total. The lowest BCUT2D eigenvalue weighted by Gasteiger charge is -2.05. The van der Waals surface area contributed by atoms with E-state index in [4.69, 9.17) is 4.98 Å². The Bertz CT molecular complexity index is 812. The number of halogens is 1. The van der Waals surface area contributed by atoms with E-state index in [1.165, 1.54) is 17.0 Å². The number of aromatic nitrogens is 2. The third-order valence-electron chi connectivity index (χ3n) is 3.76. The van der Waals surface area contributed by atoms with Gasteiger partial charge in [-0.1, -0.05) is 34.1 Å². The number of thiazole rings is 1. The maximum Gasteiger partial charge on any atom is 0.124 e. The number of hydrogen-bond donors (Lipinski definition) is 0. The van der Waals surface area contributed by atoms with Gasteiger partial charge in [-0.25, -0.2) is 4.98 Å². The Hall–Kier alpha value is -1.65. The van der Waals surface area contributed by atoms with Crippen molar-refractivity contribution in [2.24, 2.45) is 0 Å². The van der Waals surface area contributed by atoms with Crippen LogP contribution in [0.15, 0.2) is 52.8 Å². The van der Waals surface area contributed by atoms with Crippen LogP contribution in [-0.2, 0) is 6.54 Å². The molecule has 3 aromatic rings. The first-order valence-corrected chi connectivity index (χ1v) is 8.77. The van der Waals surface area contributed by atoms with Crippen molar-refractivity contribution in [2.75, 3.05) is 0 Å². The Balaban J connectivity index is 1.99. The molecule has 3 rings (SSSR count). The molecule has 0 atom stereocenters. The van der Waals surface area contributed by atoms with Crippen LogP contribution in [0.3, 0.4) is 0 Å². The highest BCUT2D eigenvalue weighted by Crippen LogP contribution is 2.32. The number of nitrogens with zero attached hydrogens (tertiary/aromatic N) is 2. The quantitative estimate of drug-likeness (QED) is 0.525. The summed E-state index contributed by atoms with van der Waals surface area (Å²) in [7, 11) is 0. The van der Waals surface area contributed by atoms with Crippen molar-refractivity contribution >= 4 is 27.3 Å². The van der Waals surface area contributed by atoms with E-state index in [9.17, 15) is 0 Å². The van der Waals surface area contributed by atoms with Gasteiger partial charge in [-0.2, -0.15) is 0 Å². The number of hydrogen-bond acceptors (Lipinski definition) is 2. The van der Waals surface area contributed by atoms with Gasteiger partial charge in [-0.3, -0.25) is 0 Å². The molecule has 0 unspecified atom stereocenters. The second kappa shape index (κ2) is 6.23. The highest BCUT2D eigenvalue weighted by Gasteiger charge is 2.13. The van der Waals surface area contributed by atoms with Crippen LogP contribution in [0.2, 0.25) is 0 Å². The lowest BCUT2D eigenvalue weighted by molar-refractivity contribution is 0.770. The van der Waals surface area contributed by atoms with E-state index in [1.807, 2.05) is 18.2 Å². The number of benzene rings is 1. The smallest absolute Gasteiger partial charge is 0.124 e. The molecule has 112 valence electrons. The van der Waals surface area contributed by atoms with Crippen molar-refractivity contribution in [2.45, 2.75) is 20.4 Å². The van der Waals surface area contributed by atoms with Crippen LogP contribution in [0, 0.1) is 13.8 Å². The molecule has 0 aliphatic heterocycles. The molecule has 0 amide bonds. The first-order valence-electron chi connectivity index (χ1n) is 7.09. The zero-order valence-corrected chi connectivity index (χ0v) is 15.0. The third-order valence-corrected chi connectivity index (χ3v) is 5.18. The van der Waals surface area contributed by atoms with Gasteiger partial charge in [0.05, 0.1) is 5.69 Å². The minimum atomic E-state index is 0.835. The van der Waals surface area contributed by atoms with Crippen LogP contribution in [0.1, 0.15) is 11.4 Å². The van der Waals surface area contributed by atoms with Gasteiger partial charge in [-0.05, 0) is 32.0 Å². The fourth-order valence-electron chi connectivity index (χ4n) is 2.59. The van der Waals surface area contributed by atoms with E-state index in [0.717, 1.165) is 27.3 Å². The van der Waals surface area contributed by atoms with Gasteiger partial charge in [0.25, 0.3) is 0 Å². The summed E-state index contributed by atoms with van der Waals surface area (Å²) in [6, 6.07) is 10.5. The molecule has 22 heavy (non-hydrogen) atoms. The summed E-state index contributed by atoms with van der Waals surface area (Å²) in [4.78, 5) is 4.82. The SMILES string of the molecule is C=CCn1c(C)cc(-c2csc(-c3ccc(Br)cc3)n2)c1C. The maximum absolute atomic E-state index is 4.82. The molecule has 2 heterocycles. The first kappa shape index (κ1) is 15.3. The molecule has 2 nitrogen and oxygen atoms in total. The lowest BCUT2D eigenvalue weighted by Crippen LogP contribution is -1.99. The molecular formula is C18H17BrN2S. The summed E-state index contributed by atoms with van der Waals surface area (Å²) in [6.45, 7) is 8.94. The summed E-state index contributed by atoms with van der Waals surface area (Å²) in [6.07, 6.45) is 1.93. The molecule has 4 heteroatoms. The zero-order valence-electron chi connectivity index (χ0n) is 12.6. The third kappa shape index (κ3) is 2.81. The molecule has 2 aromatic heterocycles. The van der Waals surface area contributed by atoms with Gasteiger partial charge in [0.15, 0.2) is 0 Å². The minimum absolute atomic E-state index is 0.835. The molecule has 0 bridgehead atoms. The number of allylic oxidation sites excluding steroid dienone is 1. The summed E-state index contributed by atoms with van der Waals surface area (Å²) in [5.74, 6) is 0. The second-order valence-electron chi connectivity index (χ2n) is 5.23. The molecule has 0 aliphatic carbocycles. The van der Waals surface area contributed by atoms with Crippen LogP contribution in [-0.4, -0.2) is 9.55 Å². The number of rotatable bonds is 4. The van der Waals surface area contributed by atoms with Crippen molar-refractivity contribution in [1.82, 2.24) is 9.55 Å². The first-order chi connectivity index (χ1) is 10.6. The van der Waals surface area contributed by atoms with E-state index in [-0.39, 0.29) is 0 Å². The van der Waals surface area contributed by atoms with Crippen LogP contribution in [0.4, 0.5) is 0 Å². The van der Waals surface area contributed by atoms with Crippen molar-refractivity contribution in [3.8, 4) is 21.8 Å². The molecule has 0 saturated carbocycles. The fraction of sp³-hybridized carbons (Fsp3) is 0.167. The largest absolute Gasteiger partial charge is 0.345 e. The number of aryl methyl sites for hydroxylation is 1. The Morgan fingerprint density at radius 3 is 2.68 bits per heavy atom. The van der Waals surface area contributed by atoms with Crippen molar-refractivity contribution < 1.29 is 0 Å². The maximum atomic E-state index is 4.82. The van der Waals surface area contributed by atoms with Crippen LogP contribution < -0.4 is 0 Å². The predicted molar refractivity (Wildman–Crippen MR) is 98.3 cm³/mol. The lowest BCUT2D eigenvalue weighted by atomic mass is 10.2. The molecule has 0 fully saturated rings. The van der Waals surface area contributed by atoms with Crippen molar-refractivity contribution in [3.63, 3.8) is 0 Å². The van der Waals surface area contributed by atoms with E-state index >= 15 is 0 Å². The average molecular weight is 373 g/mol. The normalized spacial score (nSPS) is 10.9. The van der Waals surface area contributed by atoms with Gasteiger partial charge in [-0.15, -0.1) is 17.9 Å². The van der Waals surface area contributed by atoms with Gasteiger partial charge < -0.3 is 4.57 Å². The van der Waals surface area contributed by atoms with Gasteiger partial charge in [0.1, 0.15) is 5.01 Å². The topological polar surface area (TPSA) is 17.8 Å². The molecule has 0 saturated heterocycles. The van der Waals surface area contributed by atoms with Gasteiger partial charge in [0, 0.05) is 38.9 Å². The average Bonchev–Trinajstić information content (AvgIpc) is 3.08. The Morgan fingerprint density at radius 1 is 1.27 bits per heavy atom. The molecule has 0 aliphatic rings. The van der Waals surface area contributed by atoms with E-state index in [2.05, 4.69) is 64.5 Å². The Morgan fingerprint density at radius 2 is 2.00 bits per heavy atom. The predicted octanol–water partition coefficient (Wildman–Crippen LogP) is 5.84. The van der Waals surface area contributed by atoms with E-state index < -0.39 is 0 Å². The summed E-state index contributed by atoms with van der Waals surface area (Å²) in [5.41, 5.74) is 5.89. The minimum Gasteiger partial charge on any atom is -0.345 e. The summed E-state index contributed by atoms with van der Waals surface area (Å²) >= 11 is 5.15. The monoisotopic (exact) mass is 372 g/mol. The Kier molecular flexibility index (Phi) is 4.32. The molecular weight excluding hydrogens is 356 g/mol. The van der Waals surface area contributed by atoms with Crippen molar-refractivity contribution in [1.29, 1.82) is 0 Å². The zero-order chi connectivity index (χ0) is 15.7.